The molecule has 120 valence electrons. The van der Waals surface area contributed by atoms with Gasteiger partial charge in [0.05, 0.1) is 0 Å². The van der Waals surface area contributed by atoms with Crippen molar-refractivity contribution in [3.8, 4) is 0 Å². The van der Waals surface area contributed by atoms with E-state index < -0.39 is 0 Å². The molecule has 0 bridgehead atoms. The van der Waals surface area contributed by atoms with Gasteiger partial charge < -0.3 is 10.2 Å². The van der Waals surface area contributed by atoms with Crippen molar-refractivity contribution < 1.29 is 0 Å². The summed E-state index contributed by atoms with van der Waals surface area (Å²) >= 11 is 0. The minimum Gasteiger partial charge on any atom is -0.312 e. The Balaban J connectivity index is 2.96. The number of benzene rings is 1. The number of likely N-dealkylation sites (N-methyl/N-ethyl adjacent to an activating group) is 3. The highest BCUT2D eigenvalue weighted by Crippen LogP contribution is 2.24. The first-order valence-electron chi connectivity index (χ1n) is 8.17. The topological polar surface area (TPSA) is 18.5 Å². The fourth-order valence-corrected chi connectivity index (χ4v) is 3.41. The van der Waals surface area contributed by atoms with E-state index >= 15 is 0 Å². The molecule has 3 heteroatoms. The zero-order valence-corrected chi connectivity index (χ0v) is 14.6. The van der Waals surface area contributed by atoms with Gasteiger partial charge in [0.25, 0.3) is 0 Å². The van der Waals surface area contributed by atoms with Crippen LogP contribution in [0.3, 0.4) is 0 Å². The summed E-state index contributed by atoms with van der Waals surface area (Å²) in [6.07, 6.45) is 1.14. The van der Waals surface area contributed by atoms with Crippen LogP contribution in [-0.4, -0.2) is 56.1 Å². The first kappa shape index (κ1) is 18.1. The summed E-state index contributed by atoms with van der Waals surface area (Å²) in [5.41, 5.74) is 1.38. The maximum Gasteiger partial charge on any atom is 0.0475 e. The maximum atomic E-state index is 3.54. The maximum absolute atomic E-state index is 3.54. The Labute approximate surface area is 131 Å². The van der Waals surface area contributed by atoms with Crippen molar-refractivity contribution >= 4 is 0 Å². The van der Waals surface area contributed by atoms with Crippen molar-refractivity contribution in [2.45, 2.75) is 45.3 Å². The molecule has 0 aliphatic rings. The van der Waals surface area contributed by atoms with Crippen LogP contribution in [0.5, 0.6) is 0 Å². The van der Waals surface area contributed by atoms with E-state index in [4.69, 9.17) is 0 Å². The Morgan fingerprint density at radius 1 is 1.10 bits per heavy atom. The van der Waals surface area contributed by atoms with Crippen molar-refractivity contribution in [3.63, 3.8) is 0 Å². The van der Waals surface area contributed by atoms with Crippen LogP contribution in [-0.2, 0) is 0 Å². The average Bonchev–Trinajstić information content (AvgIpc) is 2.47. The average molecular weight is 291 g/mol. The lowest BCUT2D eigenvalue weighted by Gasteiger charge is -2.40. The molecule has 0 radical (unpaired) electrons. The highest BCUT2D eigenvalue weighted by Gasteiger charge is 2.28. The van der Waals surface area contributed by atoms with Crippen LogP contribution in [0.25, 0.3) is 0 Å². The second-order valence-electron chi connectivity index (χ2n) is 6.09. The molecule has 1 aromatic carbocycles. The Kier molecular flexibility index (Phi) is 7.94. The van der Waals surface area contributed by atoms with Crippen molar-refractivity contribution in [3.05, 3.63) is 35.9 Å². The molecule has 21 heavy (non-hydrogen) atoms. The Morgan fingerprint density at radius 3 is 2.14 bits per heavy atom. The highest BCUT2D eigenvalue weighted by molar-refractivity contribution is 5.20. The highest BCUT2D eigenvalue weighted by atomic mass is 15.2. The molecular formula is C18H33N3. The van der Waals surface area contributed by atoms with Gasteiger partial charge in [0.2, 0.25) is 0 Å². The molecule has 1 N–H and O–H groups in total. The van der Waals surface area contributed by atoms with Gasteiger partial charge in [-0.15, -0.1) is 0 Å². The summed E-state index contributed by atoms with van der Waals surface area (Å²) in [4.78, 5) is 4.91. The fourth-order valence-electron chi connectivity index (χ4n) is 3.41. The monoisotopic (exact) mass is 291 g/mol. The third kappa shape index (κ3) is 5.10. The van der Waals surface area contributed by atoms with Gasteiger partial charge in [-0.3, -0.25) is 4.90 Å². The van der Waals surface area contributed by atoms with Crippen molar-refractivity contribution in [2.75, 3.05) is 34.2 Å². The van der Waals surface area contributed by atoms with Gasteiger partial charge >= 0.3 is 0 Å². The second kappa shape index (κ2) is 9.19. The zero-order chi connectivity index (χ0) is 15.8. The van der Waals surface area contributed by atoms with Gasteiger partial charge in [0.1, 0.15) is 0 Å². The summed E-state index contributed by atoms with van der Waals surface area (Å²) in [6, 6.07) is 12.2. The fraction of sp³-hybridized carbons (Fsp3) is 0.667. The van der Waals surface area contributed by atoms with E-state index in [0.717, 1.165) is 19.5 Å². The van der Waals surface area contributed by atoms with Gasteiger partial charge in [0, 0.05) is 24.7 Å². The van der Waals surface area contributed by atoms with Crippen LogP contribution >= 0.6 is 0 Å². The van der Waals surface area contributed by atoms with E-state index in [-0.39, 0.29) is 0 Å². The molecule has 0 spiro atoms. The lowest BCUT2D eigenvalue weighted by molar-refractivity contribution is 0.0996. The zero-order valence-electron chi connectivity index (χ0n) is 14.6. The molecule has 0 aliphatic carbocycles. The largest absolute Gasteiger partial charge is 0.312 e. The number of nitrogens with zero attached hydrogens (tertiary/aromatic N) is 2. The van der Waals surface area contributed by atoms with Crippen LogP contribution in [0.15, 0.2) is 30.3 Å². The lowest BCUT2D eigenvalue weighted by atomic mass is 9.95. The number of hydrogen-bond donors (Lipinski definition) is 1. The first-order chi connectivity index (χ1) is 10.0. The third-order valence-electron chi connectivity index (χ3n) is 4.26. The Morgan fingerprint density at radius 2 is 1.71 bits per heavy atom. The molecule has 0 fully saturated rings. The summed E-state index contributed by atoms with van der Waals surface area (Å²) in [5.74, 6) is 0. The van der Waals surface area contributed by atoms with E-state index in [1.54, 1.807) is 0 Å². The predicted molar refractivity (Wildman–Crippen MR) is 92.7 cm³/mol. The van der Waals surface area contributed by atoms with Crippen molar-refractivity contribution in [2.24, 2.45) is 0 Å². The van der Waals surface area contributed by atoms with Crippen LogP contribution in [0.1, 0.15) is 38.8 Å². The lowest BCUT2D eigenvalue weighted by Crippen LogP contribution is -2.50. The van der Waals surface area contributed by atoms with E-state index in [9.17, 15) is 0 Å². The summed E-state index contributed by atoms with van der Waals surface area (Å²) in [5, 5.41) is 3.54. The van der Waals surface area contributed by atoms with E-state index in [2.05, 4.69) is 87.4 Å². The van der Waals surface area contributed by atoms with E-state index in [1.807, 2.05) is 0 Å². The minimum atomic E-state index is 0.376. The molecule has 0 saturated heterocycles. The molecule has 0 aromatic heterocycles. The van der Waals surface area contributed by atoms with Crippen molar-refractivity contribution in [1.82, 2.24) is 15.1 Å². The predicted octanol–water partition coefficient (Wildman–Crippen LogP) is 3.00. The van der Waals surface area contributed by atoms with Gasteiger partial charge in [0.15, 0.2) is 0 Å². The smallest absolute Gasteiger partial charge is 0.0475 e. The van der Waals surface area contributed by atoms with Crippen LogP contribution in [0.4, 0.5) is 0 Å². The third-order valence-corrected chi connectivity index (χ3v) is 4.26. The molecule has 0 aliphatic heterocycles. The quantitative estimate of drug-likeness (QED) is 0.754. The molecule has 3 atom stereocenters. The standard InChI is InChI=1S/C18H33N3/c1-7-17(21(8-2)15(3)14-20(5)6)18(19-4)16-12-10-9-11-13-16/h9-13,15,17-19H,7-8,14H2,1-6H3. The molecule has 0 saturated carbocycles. The van der Waals surface area contributed by atoms with E-state index in [0.29, 0.717) is 18.1 Å². The number of rotatable bonds is 9. The Hall–Kier alpha value is -0.900. The van der Waals surface area contributed by atoms with Crippen LogP contribution in [0, 0.1) is 0 Å². The van der Waals surface area contributed by atoms with E-state index in [1.165, 1.54) is 5.56 Å². The SMILES string of the molecule is CCC(C(NC)c1ccccc1)N(CC)C(C)CN(C)C. The van der Waals surface area contributed by atoms with Gasteiger partial charge in [-0.2, -0.15) is 0 Å². The normalized spacial score (nSPS) is 16.2. The summed E-state index contributed by atoms with van der Waals surface area (Å²) in [7, 11) is 6.38. The van der Waals surface area contributed by atoms with Crippen LogP contribution in [0.2, 0.25) is 0 Å². The van der Waals surface area contributed by atoms with Crippen molar-refractivity contribution in [1.29, 1.82) is 0 Å². The number of nitrogens with one attached hydrogen (secondary N) is 1. The molecule has 0 amide bonds. The molecule has 1 rings (SSSR count). The summed E-state index contributed by atoms with van der Waals surface area (Å²) < 4.78 is 0. The molecule has 3 unspecified atom stereocenters. The molecule has 1 aromatic rings. The number of hydrogen-bond acceptors (Lipinski definition) is 3. The summed E-state index contributed by atoms with van der Waals surface area (Å²) in [6.45, 7) is 9.08. The molecule has 0 heterocycles. The van der Waals surface area contributed by atoms with Crippen LogP contribution < -0.4 is 5.32 Å². The first-order valence-corrected chi connectivity index (χ1v) is 8.17. The second-order valence-corrected chi connectivity index (χ2v) is 6.09. The van der Waals surface area contributed by atoms with Gasteiger partial charge in [-0.25, -0.2) is 0 Å². The minimum absolute atomic E-state index is 0.376. The Bertz CT molecular complexity index is 377. The van der Waals surface area contributed by atoms with Gasteiger partial charge in [-0.1, -0.05) is 44.2 Å². The molecule has 3 nitrogen and oxygen atoms in total. The molecular weight excluding hydrogens is 258 g/mol. The van der Waals surface area contributed by atoms with Gasteiger partial charge in [-0.05, 0) is 46.6 Å².